The molecule has 1 atom stereocenters. The van der Waals surface area contributed by atoms with E-state index in [1.54, 1.807) is 0 Å². The third-order valence-corrected chi connectivity index (χ3v) is 3.60. The van der Waals surface area contributed by atoms with Gasteiger partial charge in [-0.15, -0.1) is 0 Å². The number of piperazine rings is 1. The highest BCUT2D eigenvalue weighted by Gasteiger charge is 2.25. The first-order valence-corrected chi connectivity index (χ1v) is 7.04. The second kappa shape index (κ2) is 6.68. The SMILES string of the molecule is C=C(C)CN1CCN(C(=O)[C@@H](N)c2ccccc2)CC1. The van der Waals surface area contributed by atoms with Crippen LogP contribution < -0.4 is 5.73 Å². The Morgan fingerprint density at radius 3 is 2.40 bits per heavy atom. The van der Waals surface area contributed by atoms with E-state index < -0.39 is 6.04 Å². The van der Waals surface area contributed by atoms with Crippen LogP contribution in [0.2, 0.25) is 0 Å². The van der Waals surface area contributed by atoms with Crippen molar-refractivity contribution >= 4 is 5.91 Å². The van der Waals surface area contributed by atoms with Gasteiger partial charge in [-0.25, -0.2) is 0 Å². The third-order valence-electron chi connectivity index (χ3n) is 3.60. The van der Waals surface area contributed by atoms with Crippen LogP contribution in [0.25, 0.3) is 0 Å². The zero-order chi connectivity index (χ0) is 14.5. The van der Waals surface area contributed by atoms with E-state index in [0.717, 1.165) is 43.9 Å². The fraction of sp³-hybridized carbons (Fsp3) is 0.438. The summed E-state index contributed by atoms with van der Waals surface area (Å²) >= 11 is 0. The van der Waals surface area contributed by atoms with E-state index >= 15 is 0 Å². The molecule has 1 aliphatic heterocycles. The van der Waals surface area contributed by atoms with Crippen molar-refractivity contribution in [2.45, 2.75) is 13.0 Å². The van der Waals surface area contributed by atoms with Gasteiger partial charge in [-0.3, -0.25) is 9.69 Å². The molecule has 0 aliphatic carbocycles. The van der Waals surface area contributed by atoms with Crippen LogP contribution in [-0.4, -0.2) is 48.4 Å². The Bertz CT molecular complexity index is 464. The van der Waals surface area contributed by atoms with E-state index in [-0.39, 0.29) is 5.91 Å². The molecule has 0 spiro atoms. The lowest BCUT2D eigenvalue weighted by molar-refractivity contribution is -0.134. The molecule has 0 aromatic heterocycles. The van der Waals surface area contributed by atoms with Crippen LogP contribution in [0.4, 0.5) is 0 Å². The highest BCUT2D eigenvalue weighted by atomic mass is 16.2. The van der Waals surface area contributed by atoms with Gasteiger partial charge in [-0.2, -0.15) is 0 Å². The van der Waals surface area contributed by atoms with Crippen LogP contribution in [0.3, 0.4) is 0 Å². The second-order valence-electron chi connectivity index (χ2n) is 5.45. The lowest BCUT2D eigenvalue weighted by Crippen LogP contribution is -2.51. The number of hydrogen-bond acceptors (Lipinski definition) is 3. The highest BCUT2D eigenvalue weighted by molar-refractivity contribution is 5.83. The Morgan fingerprint density at radius 1 is 1.25 bits per heavy atom. The minimum absolute atomic E-state index is 0.0196. The molecule has 2 N–H and O–H groups in total. The summed E-state index contributed by atoms with van der Waals surface area (Å²) in [6, 6.07) is 9.00. The molecular weight excluding hydrogens is 250 g/mol. The van der Waals surface area contributed by atoms with Crippen LogP contribution >= 0.6 is 0 Å². The van der Waals surface area contributed by atoms with Crippen molar-refractivity contribution < 1.29 is 4.79 Å². The molecule has 108 valence electrons. The van der Waals surface area contributed by atoms with Crippen LogP contribution in [0.5, 0.6) is 0 Å². The van der Waals surface area contributed by atoms with Crippen molar-refractivity contribution in [1.82, 2.24) is 9.80 Å². The zero-order valence-corrected chi connectivity index (χ0v) is 12.1. The predicted molar refractivity (Wildman–Crippen MR) is 81.2 cm³/mol. The quantitative estimate of drug-likeness (QED) is 0.844. The summed E-state index contributed by atoms with van der Waals surface area (Å²) in [5.41, 5.74) is 8.10. The maximum atomic E-state index is 12.4. The smallest absolute Gasteiger partial charge is 0.244 e. The van der Waals surface area contributed by atoms with Crippen molar-refractivity contribution in [3.8, 4) is 0 Å². The largest absolute Gasteiger partial charge is 0.338 e. The Balaban J connectivity index is 1.90. The summed E-state index contributed by atoms with van der Waals surface area (Å²) in [6.45, 7) is 10.1. The average molecular weight is 273 g/mol. The van der Waals surface area contributed by atoms with E-state index in [9.17, 15) is 4.79 Å². The van der Waals surface area contributed by atoms with Gasteiger partial charge in [0, 0.05) is 32.7 Å². The number of carbonyl (C=O) groups is 1. The Morgan fingerprint density at radius 2 is 1.85 bits per heavy atom. The molecule has 1 aromatic rings. The van der Waals surface area contributed by atoms with Gasteiger partial charge >= 0.3 is 0 Å². The predicted octanol–water partition coefficient (Wildman–Crippen LogP) is 1.41. The minimum Gasteiger partial charge on any atom is -0.338 e. The van der Waals surface area contributed by atoms with Crippen molar-refractivity contribution in [2.75, 3.05) is 32.7 Å². The molecule has 2 rings (SSSR count). The van der Waals surface area contributed by atoms with Gasteiger partial charge in [0.1, 0.15) is 6.04 Å². The molecule has 0 saturated carbocycles. The minimum atomic E-state index is -0.552. The van der Waals surface area contributed by atoms with Crippen LogP contribution in [0, 0.1) is 0 Å². The molecule has 0 unspecified atom stereocenters. The van der Waals surface area contributed by atoms with E-state index in [0.29, 0.717) is 0 Å². The number of nitrogens with two attached hydrogens (primary N) is 1. The first kappa shape index (κ1) is 14.8. The van der Waals surface area contributed by atoms with Gasteiger partial charge in [-0.05, 0) is 12.5 Å². The van der Waals surface area contributed by atoms with Crippen molar-refractivity contribution in [1.29, 1.82) is 0 Å². The van der Waals surface area contributed by atoms with Crippen molar-refractivity contribution in [3.63, 3.8) is 0 Å². The molecule has 4 heteroatoms. The fourth-order valence-electron chi connectivity index (χ4n) is 2.51. The number of amides is 1. The number of rotatable bonds is 4. The summed E-state index contributed by atoms with van der Waals surface area (Å²) in [7, 11) is 0. The van der Waals surface area contributed by atoms with E-state index in [2.05, 4.69) is 11.5 Å². The van der Waals surface area contributed by atoms with Crippen molar-refractivity contribution in [2.24, 2.45) is 5.73 Å². The van der Waals surface area contributed by atoms with E-state index in [1.807, 2.05) is 42.2 Å². The molecule has 0 bridgehead atoms. The summed E-state index contributed by atoms with van der Waals surface area (Å²) in [5.74, 6) is 0.0196. The molecule has 20 heavy (non-hydrogen) atoms. The van der Waals surface area contributed by atoms with Crippen LogP contribution in [0.15, 0.2) is 42.5 Å². The van der Waals surface area contributed by atoms with Gasteiger partial charge in [0.2, 0.25) is 5.91 Å². The lowest BCUT2D eigenvalue weighted by atomic mass is 10.1. The number of carbonyl (C=O) groups excluding carboxylic acids is 1. The summed E-state index contributed by atoms with van der Waals surface area (Å²) in [5, 5.41) is 0. The summed E-state index contributed by atoms with van der Waals surface area (Å²) in [6.07, 6.45) is 0. The molecular formula is C16H23N3O. The first-order valence-electron chi connectivity index (χ1n) is 7.04. The maximum absolute atomic E-state index is 12.4. The second-order valence-corrected chi connectivity index (χ2v) is 5.45. The molecule has 4 nitrogen and oxygen atoms in total. The van der Waals surface area contributed by atoms with Gasteiger partial charge < -0.3 is 10.6 Å². The Kier molecular flexibility index (Phi) is 4.93. The Hall–Kier alpha value is -1.65. The molecule has 0 radical (unpaired) electrons. The van der Waals surface area contributed by atoms with Crippen LogP contribution in [-0.2, 0) is 4.79 Å². The normalized spacial score (nSPS) is 17.8. The average Bonchev–Trinajstić information content (AvgIpc) is 2.47. The maximum Gasteiger partial charge on any atom is 0.244 e. The van der Waals surface area contributed by atoms with E-state index in [1.165, 1.54) is 0 Å². The first-order chi connectivity index (χ1) is 9.58. The van der Waals surface area contributed by atoms with Crippen LogP contribution in [0.1, 0.15) is 18.5 Å². The van der Waals surface area contributed by atoms with Gasteiger partial charge in [0.15, 0.2) is 0 Å². The monoisotopic (exact) mass is 273 g/mol. The molecule has 1 aromatic carbocycles. The molecule has 1 amide bonds. The lowest BCUT2D eigenvalue weighted by Gasteiger charge is -2.36. The number of hydrogen-bond donors (Lipinski definition) is 1. The standard InChI is InChI=1S/C16H23N3O/c1-13(2)12-18-8-10-19(11-9-18)16(20)15(17)14-6-4-3-5-7-14/h3-7,15H,1,8-12,17H2,2H3/t15-/m0/s1. The third kappa shape index (κ3) is 3.68. The summed E-state index contributed by atoms with van der Waals surface area (Å²) < 4.78 is 0. The molecule has 1 aliphatic rings. The molecule has 1 saturated heterocycles. The van der Waals surface area contributed by atoms with Crippen molar-refractivity contribution in [3.05, 3.63) is 48.0 Å². The number of benzene rings is 1. The van der Waals surface area contributed by atoms with Gasteiger partial charge in [-0.1, -0.05) is 42.5 Å². The fourth-order valence-corrected chi connectivity index (χ4v) is 2.51. The van der Waals surface area contributed by atoms with E-state index in [4.69, 9.17) is 5.73 Å². The number of nitrogens with zero attached hydrogens (tertiary/aromatic N) is 2. The Labute approximate surface area is 120 Å². The topological polar surface area (TPSA) is 49.6 Å². The summed E-state index contributed by atoms with van der Waals surface area (Å²) in [4.78, 5) is 16.6. The molecule has 1 heterocycles. The van der Waals surface area contributed by atoms with Gasteiger partial charge in [0.25, 0.3) is 0 Å². The molecule has 1 fully saturated rings. The zero-order valence-electron chi connectivity index (χ0n) is 12.1. The highest BCUT2D eigenvalue weighted by Crippen LogP contribution is 2.14. The van der Waals surface area contributed by atoms with Gasteiger partial charge in [0.05, 0.1) is 0 Å².